The Bertz CT molecular complexity index is 582. The zero-order chi connectivity index (χ0) is 15.9. The van der Waals surface area contributed by atoms with Crippen molar-refractivity contribution in [2.75, 3.05) is 12.4 Å². The van der Waals surface area contributed by atoms with Gasteiger partial charge in [-0.3, -0.25) is 4.79 Å². The number of hydrogen-bond acceptors (Lipinski definition) is 7. The van der Waals surface area contributed by atoms with Gasteiger partial charge < -0.3 is 14.4 Å². The fourth-order valence-corrected chi connectivity index (χ4v) is 3.68. The second kappa shape index (κ2) is 8.30. The first kappa shape index (κ1) is 17.0. The summed E-state index contributed by atoms with van der Waals surface area (Å²) in [7, 11) is 0. The summed E-state index contributed by atoms with van der Waals surface area (Å²) in [6, 6.07) is 3.40. The Morgan fingerprint density at radius 3 is 2.91 bits per heavy atom. The lowest BCUT2D eigenvalue weighted by molar-refractivity contribution is -0.132. The SMILES string of the molecule is CCC(CO)N(Cc1ccco1)C(=O)CSc1nnc(C)s1. The van der Waals surface area contributed by atoms with E-state index < -0.39 is 0 Å². The van der Waals surface area contributed by atoms with Crippen molar-refractivity contribution in [3.8, 4) is 0 Å². The van der Waals surface area contributed by atoms with E-state index in [1.165, 1.54) is 23.1 Å². The van der Waals surface area contributed by atoms with Crippen LogP contribution >= 0.6 is 23.1 Å². The van der Waals surface area contributed by atoms with Crippen LogP contribution in [0.3, 0.4) is 0 Å². The first-order chi connectivity index (χ1) is 10.6. The van der Waals surface area contributed by atoms with E-state index >= 15 is 0 Å². The number of carbonyl (C=O) groups is 1. The Morgan fingerprint density at radius 1 is 1.55 bits per heavy atom. The van der Waals surface area contributed by atoms with Crippen LogP contribution in [-0.2, 0) is 11.3 Å². The molecule has 0 saturated heterocycles. The van der Waals surface area contributed by atoms with Crippen molar-refractivity contribution in [3.05, 3.63) is 29.2 Å². The number of hydrogen-bond donors (Lipinski definition) is 1. The highest BCUT2D eigenvalue weighted by Crippen LogP contribution is 2.23. The fraction of sp³-hybridized carbons (Fsp3) is 0.500. The molecule has 0 aliphatic carbocycles. The third-order valence-electron chi connectivity index (χ3n) is 3.18. The minimum atomic E-state index is -0.214. The molecule has 1 N–H and O–H groups in total. The van der Waals surface area contributed by atoms with E-state index in [2.05, 4.69) is 10.2 Å². The van der Waals surface area contributed by atoms with Crippen molar-refractivity contribution in [1.29, 1.82) is 0 Å². The number of furan rings is 1. The van der Waals surface area contributed by atoms with E-state index in [4.69, 9.17) is 4.42 Å². The molecule has 8 heteroatoms. The summed E-state index contributed by atoms with van der Waals surface area (Å²) in [5.74, 6) is 0.929. The number of carbonyl (C=O) groups excluding carboxylic acids is 1. The van der Waals surface area contributed by atoms with Gasteiger partial charge in [0.05, 0.1) is 31.2 Å². The molecule has 2 aromatic rings. The summed E-state index contributed by atoms with van der Waals surface area (Å²) in [6.45, 7) is 4.13. The third kappa shape index (κ3) is 4.56. The maximum Gasteiger partial charge on any atom is 0.233 e. The molecule has 0 aliphatic heterocycles. The number of aliphatic hydroxyl groups is 1. The van der Waals surface area contributed by atoms with Crippen LogP contribution in [0.2, 0.25) is 0 Å². The number of thioether (sulfide) groups is 1. The molecule has 120 valence electrons. The van der Waals surface area contributed by atoms with Crippen LogP contribution in [0.1, 0.15) is 24.1 Å². The molecule has 0 aromatic carbocycles. The molecule has 1 atom stereocenters. The predicted octanol–water partition coefficient (Wildman–Crippen LogP) is 2.33. The molecule has 0 spiro atoms. The van der Waals surface area contributed by atoms with E-state index in [1.807, 2.05) is 19.9 Å². The number of nitrogens with zero attached hydrogens (tertiary/aromatic N) is 3. The zero-order valence-electron chi connectivity index (χ0n) is 12.6. The molecule has 0 bridgehead atoms. The molecule has 6 nitrogen and oxygen atoms in total. The Morgan fingerprint density at radius 2 is 2.36 bits per heavy atom. The fourth-order valence-electron chi connectivity index (χ4n) is 1.98. The third-order valence-corrected chi connectivity index (χ3v) is 5.13. The number of amides is 1. The average molecular weight is 341 g/mol. The highest BCUT2D eigenvalue weighted by atomic mass is 32.2. The number of aliphatic hydroxyl groups excluding tert-OH is 1. The van der Waals surface area contributed by atoms with Gasteiger partial charge in [0.2, 0.25) is 5.91 Å². The second-order valence-corrected chi connectivity index (χ2v) is 7.13. The van der Waals surface area contributed by atoms with Crippen molar-refractivity contribution in [2.45, 2.75) is 37.2 Å². The molecule has 22 heavy (non-hydrogen) atoms. The van der Waals surface area contributed by atoms with Gasteiger partial charge in [-0.25, -0.2) is 0 Å². The minimum absolute atomic E-state index is 0.0462. The van der Waals surface area contributed by atoms with E-state index in [1.54, 1.807) is 17.2 Å². The number of aryl methyl sites for hydroxylation is 1. The molecule has 0 fully saturated rings. The molecule has 0 aliphatic rings. The minimum Gasteiger partial charge on any atom is -0.467 e. The van der Waals surface area contributed by atoms with Gasteiger partial charge in [0.25, 0.3) is 0 Å². The van der Waals surface area contributed by atoms with Crippen molar-refractivity contribution < 1.29 is 14.3 Å². The smallest absolute Gasteiger partial charge is 0.233 e. The molecule has 2 aromatic heterocycles. The van der Waals surface area contributed by atoms with E-state index in [0.717, 1.165) is 9.35 Å². The van der Waals surface area contributed by atoms with Crippen molar-refractivity contribution in [2.24, 2.45) is 0 Å². The summed E-state index contributed by atoms with van der Waals surface area (Å²) >= 11 is 2.84. The zero-order valence-corrected chi connectivity index (χ0v) is 14.2. The standard InChI is InChI=1S/C14H19N3O3S2/c1-3-11(8-18)17(7-12-5-4-6-20-12)13(19)9-21-14-16-15-10(2)22-14/h4-6,11,18H,3,7-9H2,1-2H3. The van der Waals surface area contributed by atoms with Crippen LogP contribution < -0.4 is 0 Å². The maximum absolute atomic E-state index is 12.5. The van der Waals surface area contributed by atoms with Crippen LogP contribution in [-0.4, -0.2) is 44.5 Å². The Labute approximate surface area is 137 Å². The average Bonchev–Trinajstić information content (AvgIpc) is 3.16. The largest absolute Gasteiger partial charge is 0.467 e. The van der Waals surface area contributed by atoms with Gasteiger partial charge in [0.1, 0.15) is 10.8 Å². The van der Waals surface area contributed by atoms with Gasteiger partial charge in [-0.1, -0.05) is 30.0 Å². The van der Waals surface area contributed by atoms with Crippen molar-refractivity contribution >= 4 is 29.0 Å². The van der Waals surface area contributed by atoms with E-state index in [-0.39, 0.29) is 24.3 Å². The van der Waals surface area contributed by atoms with E-state index in [9.17, 15) is 9.90 Å². The quantitative estimate of drug-likeness (QED) is 0.742. The van der Waals surface area contributed by atoms with Crippen LogP contribution in [0.25, 0.3) is 0 Å². The molecule has 1 unspecified atom stereocenters. The van der Waals surface area contributed by atoms with Crippen molar-refractivity contribution in [3.63, 3.8) is 0 Å². The lowest BCUT2D eigenvalue weighted by Gasteiger charge is -2.29. The number of rotatable bonds is 8. The van der Waals surface area contributed by atoms with Gasteiger partial charge in [0.15, 0.2) is 4.34 Å². The molecule has 0 saturated carbocycles. The lowest BCUT2D eigenvalue weighted by atomic mass is 10.2. The second-order valence-electron chi connectivity index (χ2n) is 4.72. The van der Waals surface area contributed by atoms with Crippen LogP contribution in [0.15, 0.2) is 27.2 Å². The van der Waals surface area contributed by atoms with Gasteiger partial charge in [-0.15, -0.1) is 10.2 Å². The summed E-state index contributed by atoms with van der Waals surface area (Å²) in [5, 5.41) is 18.3. The Kier molecular flexibility index (Phi) is 6.41. The highest BCUT2D eigenvalue weighted by molar-refractivity contribution is 8.01. The topological polar surface area (TPSA) is 79.5 Å². The van der Waals surface area contributed by atoms with E-state index in [0.29, 0.717) is 18.7 Å². The molecule has 0 radical (unpaired) electrons. The maximum atomic E-state index is 12.5. The van der Waals surface area contributed by atoms with Crippen LogP contribution in [0, 0.1) is 6.92 Å². The molecule has 2 heterocycles. The highest BCUT2D eigenvalue weighted by Gasteiger charge is 2.23. The first-order valence-electron chi connectivity index (χ1n) is 6.99. The monoisotopic (exact) mass is 341 g/mol. The van der Waals surface area contributed by atoms with Gasteiger partial charge >= 0.3 is 0 Å². The molecular weight excluding hydrogens is 322 g/mol. The molecule has 1 amide bonds. The summed E-state index contributed by atoms with van der Waals surface area (Å²) in [4.78, 5) is 14.2. The normalized spacial score (nSPS) is 12.3. The summed E-state index contributed by atoms with van der Waals surface area (Å²) in [5.41, 5.74) is 0. The van der Waals surface area contributed by atoms with Crippen LogP contribution in [0.4, 0.5) is 0 Å². The van der Waals surface area contributed by atoms with Gasteiger partial charge in [0, 0.05) is 0 Å². The predicted molar refractivity (Wildman–Crippen MR) is 85.8 cm³/mol. The first-order valence-corrected chi connectivity index (χ1v) is 8.79. The Hall–Kier alpha value is -1.38. The van der Waals surface area contributed by atoms with Crippen molar-refractivity contribution in [1.82, 2.24) is 15.1 Å². The summed E-state index contributed by atoms with van der Waals surface area (Å²) < 4.78 is 6.10. The van der Waals surface area contributed by atoms with Crippen LogP contribution in [0.5, 0.6) is 0 Å². The Balaban J connectivity index is 2.01. The van der Waals surface area contributed by atoms with Gasteiger partial charge in [-0.05, 0) is 25.5 Å². The lowest BCUT2D eigenvalue weighted by Crippen LogP contribution is -2.42. The number of aromatic nitrogens is 2. The summed E-state index contributed by atoms with van der Waals surface area (Å²) in [6.07, 6.45) is 2.27. The molecular formula is C14H19N3O3S2. The van der Waals surface area contributed by atoms with Gasteiger partial charge in [-0.2, -0.15) is 0 Å². The molecule has 2 rings (SSSR count).